The molecule has 4 rings (SSSR count). The van der Waals surface area contributed by atoms with E-state index in [0.717, 1.165) is 26.2 Å². The van der Waals surface area contributed by atoms with E-state index in [-0.39, 0.29) is 36.5 Å². The van der Waals surface area contributed by atoms with Crippen LogP contribution in [-0.2, 0) is 14.4 Å². The molecule has 1 atom stereocenters. The Morgan fingerprint density at radius 2 is 1.63 bits per heavy atom. The smallest absolute Gasteiger partial charge is 0.243 e. The van der Waals surface area contributed by atoms with Gasteiger partial charge in [0.15, 0.2) is 5.78 Å². The van der Waals surface area contributed by atoms with Crippen LogP contribution in [0, 0.1) is 0 Å². The van der Waals surface area contributed by atoms with Crippen LogP contribution >= 0.6 is 0 Å². The highest BCUT2D eigenvalue weighted by Crippen LogP contribution is 2.17. The van der Waals surface area contributed by atoms with Gasteiger partial charge >= 0.3 is 0 Å². The van der Waals surface area contributed by atoms with Gasteiger partial charge in [-0.25, -0.2) is 0 Å². The van der Waals surface area contributed by atoms with Gasteiger partial charge < -0.3 is 20.4 Å². The number of piperazine rings is 2. The summed E-state index contributed by atoms with van der Waals surface area (Å²) in [5.41, 5.74) is 2.26. The highest BCUT2D eigenvalue weighted by molar-refractivity contribution is 5.98. The van der Waals surface area contributed by atoms with E-state index < -0.39 is 6.04 Å². The van der Waals surface area contributed by atoms with E-state index in [9.17, 15) is 19.2 Å². The second kappa shape index (κ2) is 11.1. The minimum absolute atomic E-state index is 0.0580. The van der Waals surface area contributed by atoms with Crippen molar-refractivity contribution in [2.24, 2.45) is 0 Å². The van der Waals surface area contributed by atoms with Crippen molar-refractivity contribution in [3.63, 3.8) is 0 Å². The number of para-hydroxylation sites is 1. The normalized spacial score (nSPS) is 18.7. The van der Waals surface area contributed by atoms with Gasteiger partial charge in [0.2, 0.25) is 17.7 Å². The van der Waals surface area contributed by atoms with E-state index in [1.807, 2.05) is 18.2 Å². The molecular formula is C26H31N5O4. The molecule has 0 aliphatic carbocycles. The first-order chi connectivity index (χ1) is 16.9. The van der Waals surface area contributed by atoms with Crippen LogP contribution in [0.3, 0.4) is 0 Å². The first kappa shape index (κ1) is 24.4. The zero-order valence-corrected chi connectivity index (χ0v) is 19.9. The zero-order valence-electron chi connectivity index (χ0n) is 19.9. The van der Waals surface area contributed by atoms with Crippen molar-refractivity contribution < 1.29 is 19.2 Å². The molecule has 0 radical (unpaired) electrons. The van der Waals surface area contributed by atoms with Crippen LogP contribution < -0.4 is 15.5 Å². The Morgan fingerprint density at radius 1 is 0.943 bits per heavy atom. The number of amides is 3. The Balaban J connectivity index is 1.32. The second-order valence-electron chi connectivity index (χ2n) is 8.88. The Morgan fingerprint density at radius 3 is 2.29 bits per heavy atom. The molecule has 2 fully saturated rings. The number of hydrogen-bond donors (Lipinski definition) is 2. The predicted octanol–water partition coefficient (Wildman–Crippen LogP) is 1.37. The molecule has 2 aliphatic rings. The maximum atomic E-state index is 13.1. The molecular weight excluding hydrogens is 446 g/mol. The van der Waals surface area contributed by atoms with Gasteiger partial charge in [-0.15, -0.1) is 0 Å². The van der Waals surface area contributed by atoms with Crippen LogP contribution in [0.15, 0.2) is 54.6 Å². The van der Waals surface area contributed by atoms with E-state index in [4.69, 9.17) is 0 Å². The first-order valence-electron chi connectivity index (χ1n) is 11.9. The maximum Gasteiger partial charge on any atom is 0.243 e. The van der Waals surface area contributed by atoms with Crippen LogP contribution in [0.2, 0.25) is 0 Å². The van der Waals surface area contributed by atoms with Crippen molar-refractivity contribution in [2.75, 3.05) is 56.0 Å². The molecule has 2 aromatic carbocycles. The summed E-state index contributed by atoms with van der Waals surface area (Å²) in [5.74, 6) is -0.883. The molecule has 2 heterocycles. The lowest BCUT2D eigenvalue weighted by molar-refractivity contribution is -0.145. The Labute approximate surface area is 205 Å². The SMILES string of the molecule is CC(=O)c1ccc(NC(=O)C[C@H]2C(=O)NCCN2C(=O)CN2CCN(c3ccccc3)CC2)cc1. The summed E-state index contributed by atoms with van der Waals surface area (Å²) >= 11 is 0. The van der Waals surface area contributed by atoms with Crippen LogP contribution in [0.4, 0.5) is 11.4 Å². The highest BCUT2D eigenvalue weighted by Gasteiger charge is 2.35. The molecule has 2 saturated heterocycles. The summed E-state index contributed by atoms with van der Waals surface area (Å²) in [6.07, 6.45) is -0.131. The van der Waals surface area contributed by atoms with Gasteiger partial charge in [-0.3, -0.25) is 24.1 Å². The van der Waals surface area contributed by atoms with E-state index >= 15 is 0 Å². The molecule has 9 nitrogen and oxygen atoms in total. The van der Waals surface area contributed by atoms with Crippen LogP contribution in [-0.4, -0.2) is 85.2 Å². The zero-order chi connectivity index (χ0) is 24.8. The Bertz CT molecular complexity index is 1060. The molecule has 35 heavy (non-hydrogen) atoms. The third kappa shape index (κ3) is 6.24. The van der Waals surface area contributed by atoms with Gasteiger partial charge in [-0.1, -0.05) is 18.2 Å². The minimum Gasteiger partial charge on any atom is -0.369 e. The number of carbonyl (C=O) groups excluding carboxylic acids is 4. The molecule has 2 N–H and O–H groups in total. The van der Waals surface area contributed by atoms with Crippen LogP contribution in [0.25, 0.3) is 0 Å². The average Bonchev–Trinajstić information content (AvgIpc) is 2.86. The van der Waals surface area contributed by atoms with Crippen molar-refractivity contribution in [3.05, 3.63) is 60.2 Å². The Kier molecular flexibility index (Phi) is 7.77. The van der Waals surface area contributed by atoms with Gasteiger partial charge in [0.05, 0.1) is 13.0 Å². The van der Waals surface area contributed by atoms with Crippen LogP contribution in [0.1, 0.15) is 23.7 Å². The lowest BCUT2D eigenvalue weighted by Gasteiger charge is -2.39. The fourth-order valence-electron chi connectivity index (χ4n) is 4.48. The van der Waals surface area contributed by atoms with Crippen LogP contribution in [0.5, 0.6) is 0 Å². The third-order valence-corrected chi connectivity index (χ3v) is 6.46. The number of hydrogen-bond acceptors (Lipinski definition) is 6. The van der Waals surface area contributed by atoms with Crippen molar-refractivity contribution in [2.45, 2.75) is 19.4 Å². The molecule has 0 spiro atoms. The molecule has 2 aliphatic heterocycles. The van der Waals surface area contributed by atoms with Gasteiger partial charge in [0, 0.05) is 56.2 Å². The fourth-order valence-corrected chi connectivity index (χ4v) is 4.48. The van der Waals surface area contributed by atoms with E-state index in [0.29, 0.717) is 24.3 Å². The van der Waals surface area contributed by atoms with Gasteiger partial charge in [0.1, 0.15) is 6.04 Å². The molecule has 0 bridgehead atoms. The summed E-state index contributed by atoms with van der Waals surface area (Å²) in [5, 5.41) is 5.52. The molecule has 0 saturated carbocycles. The minimum atomic E-state index is -0.849. The molecule has 3 amide bonds. The van der Waals surface area contributed by atoms with Crippen molar-refractivity contribution in [1.82, 2.24) is 15.1 Å². The topological polar surface area (TPSA) is 102 Å². The first-order valence-corrected chi connectivity index (χ1v) is 11.9. The summed E-state index contributed by atoms with van der Waals surface area (Å²) in [6.45, 7) is 5.60. The van der Waals surface area contributed by atoms with E-state index in [1.54, 1.807) is 24.3 Å². The largest absolute Gasteiger partial charge is 0.369 e. The van der Waals surface area contributed by atoms with Gasteiger partial charge in [0.25, 0.3) is 0 Å². The molecule has 184 valence electrons. The summed E-state index contributed by atoms with van der Waals surface area (Å²) in [6, 6.07) is 15.9. The van der Waals surface area contributed by atoms with Crippen molar-refractivity contribution in [3.8, 4) is 0 Å². The highest BCUT2D eigenvalue weighted by atomic mass is 16.2. The van der Waals surface area contributed by atoms with Crippen molar-refractivity contribution in [1.29, 1.82) is 0 Å². The fraction of sp³-hybridized carbons (Fsp3) is 0.385. The standard InChI is InChI=1S/C26H31N5O4/c1-19(32)20-7-9-21(10-8-20)28-24(33)17-23-26(35)27-11-12-31(23)25(34)18-29-13-15-30(16-14-29)22-5-3-2-4-6-22/h2-10,23H,11-18H2,1H3,(H,27,35)(H,28,33)/t23-/m0/s1. The average molecular weight is 478 g/mol. The molecule has 9 heteroatoms. The monoisotopic (exact) mass is 477 g/mol. The Hall–Kier alpha value is -3.72. The summed E-state index contributed by atoms with van der Waals surface area (Å²) in [4.78, 5) is 55.7. The number of ketones is 1. The number of carbonyl (C=O) groups is 4. The van der Waals surface area contributed by atoms with Gasteiger partial charge in [-0.05, 0) is 43.3 Å². The van der Waals surface area contributed by atoms with Crippen molar-refractivity contribution >= 4 is 34.9 Å². The number of nitrogens with one attached hydrogen (secondary N) is 2. The molecule has 0 aromatic heterocycles. The maximum absolute atomic E-state index is 13.1. The quantitative estimate of drug-likeness (QED) is 0.584. The third-order valence-electron chi connectivity index (χ3n) is 6.46. The molecule has 0 unspecified atom stereocenters. The predicted molar refractivity (Wildman–Crippen MR) is 133 cm³/mol. The molecule has 2 aromatic rings. The number of benzene rings is 2. The van der Waals surface area contributed by atoms with E-state index in [2.05, 4.69) is 32.6 Å². The number of Topliss-reactive ketones (excluding diaryl/α,β-unsaturated/α-hetero) is 1. The van der Waals surface area contributed by atoms with Gasteiger partial charge in [-0.2, -0.15) is 0 Å². The number of nitrogens with zero attached hydrogens (tertiary/aromatic N) is 3. The summed E-state index contributed by atoms with van der Waals surface area (Å²) < 4.78 is 0. The lowest BCUT2D eigenvalue weighted by Crippen LogP contribution is -2.60. The number of rotatable bonds is 7. The van der Waals surface area contributed by atoms with E-state index in [1.165, 1.54) is 17.5 Å². The number of anilines is 2. The lowest BCUT2D eigenvalue weighted by atomic mass is 10.1. The summed E-state index contributed by atoms with van der Waals surface area (Å²) in [7, 11) is 0. The second-order valence-corrected chi connectivity index (χ2v) is 8.88.